The first-order valence-electron chi connectivity index (χ1n) is 7.67. The number of carbonyl (C=O) groups is 1. The Hall–Kier alpha value is -2.89. The van der Waals surface area contributed by atoms with Crippen molar-refractivity contribution in [2.75, 3.05) is 5.32 Å². The van der Waals surface area contributed by atoms with Crippen LogP contribution in [-0.2, 0) is 0 Å². The molecule has 0 unspecified atom stereocenters. The Labute approximate surface area is 139 Å². The van der Waals surface area contributed by atoms with Crippen LogP contribution in [0.5, 0.6) is 5.75 Å². The number of imidazole rings is 1. The quantitative estimate of drug-likeness (QED) is 0.792. The lowest BCUT2D eigenvalue weighted by molar-refractivity contribution is 0.102. The standard InChI is InChI=1S/C18H18FN3O2/c1-11(2)24-15-7-5-4-6-14(15)21-18(23)17-12(3)20-16-9-8-13(19)10-22(16)17/h4-11H,1-3H3,(H,21,23). The van der Waals surface area contributed by atoms with Gasteiger partial charge in [-0.3, -0.25) is 9.20 Å². The summed E-state index contributed by atoms with van der Waals surface area (Å²) >= 11 is 0. The average molecular weight is 327 g/mol. The summed E-state index contributed by atoms with van der Waals surface area (Å²) in [7, 11) is 0. The number of nitrogens with one attached hydrogen (secondary N) is 1. The van der Waals surface area contributed by atoms with Crippen molar-refractivity contribution in [3.8, 4) is 5.75 Å². The van der Waals surface area contributed by atoms with Crippen molar-refractivity contribution >= 4 is 17.2 Å². The van der Waals surface area contributed by atoms with Crippen molar-refractivity contribution in [3.05, 3.63) is 59.8 Å². The predicted octanol–water partition coefficient (Wildman–Crippen LogP) is 3.82. The molecule has 24 heavy (non-hydrogen) atoms. The zero-order valence-corrected chi connectivity index (χ0v) is 13.7. The number of rotatable bonds is 4. The Morgan fingerprint density at radius 1 is 1.25 bits per heavy atom. The summed E-state index contributed by atoms with van der Waals surface area (Å²) in [6, 6.07) is 10.0. The Balaban J connectivity index is 1.97. The number of hydrogen-bond donors (Lipinski definition) is 1. The Morgan fingerprint density at radius 2 is 2.00 bits per heavy atom. The molecule has 3 aromatic rings. The molecule has 1 aromatic carbocycles. The Morgan fingerprint density at radius 3 is 2.75 bits per heavy atom. The molecule has 0 spiro atoms. The van der Waals surface area contributed by atoms with Crippen LogP contribution >= 0.6 is 0 Å². The zero-order valence-electron chi connectivity index (χ0n) is 13.7. The smallest absolute Gasteiger partial charge is 0.274 e. The van der Waals surface area contributed by atoms with E-state index in [0.717, 1.165) is 0 Å². The zero-order chi connectivity index (χ0) is 17.3. The van der Waals surface area contributed by atoms with Gasteiger partial charge in [0, 0.05) is 6.20 Å². The lowest BCUT2D eigenvalue weighted by Gasteiger charge is -2.14. The van der Waals surface area contributed by atoms with Crippen LogP contribution in [0.1, 0.15) is 30.0 Å². The van der Waals surface area contributed by atoms with E-state index >= 15 is 0 Å². The number of para-hydroxylation sites is 2. The van der Waals surface area contributed by atoms with E-state index in [2.05, 4.69) is 10.3 Å². The lowest BCUT2D eigenvalue weighted by Crippen LogP contribution is -2.17. The number of benzene rings is 1. The van der Waals surface area contributed by atoms with Crippen LogP contribution in [0, 0.1) is 12.7 Å². The molecule has 0 radical (unpaired) electrons. The molecule has 0 aliphatic rings. The molecule has 2 aromatic heterocycles. The number of aryl methyl sites for hydroxylation is 1. The molecular formula is C18H18FN3O2. The van der Waals surface area contributed by atoms with E-state index in [4.69, 9.17) is 4.74 Å². The molecule has 2 heterocycles. The van der Waals surface area contributed by atoms with Crippen LogP contribution in [-0.4, -0.2) is 21.4 Å². The number of anilines is 1. The maximum Gasteiger partial charge on any atom is 0.274 e. The molecule has 0 atom stereocenters. The van der Waals surface area contributed by atoms with Gasteiger partial charge in [-0.1, -0.05) is 12.1 Å². The van der Waals surface area contributed by atoms with Gasteiger partial charge in [-0.05, 0) is 45.0 Å². The topological polar surface area (TPSA) is 55.6 Å². The molecule has 0 bridgehead atoms. The predicted molar refractivity (Wildman–Crippen MR) is 90.0 cm³/mol. The van der Waals surface area contributed by atoms with Crippen molar-refractivity contribution in [1.29, 1.82) is 0 Å². The molecular weight excluding hydrogens is 309 g/mol. The Kier molecular flexibility index (Phi) is 4.20. The maximum atomic E-state index is 13.5. The fourth-order valence-corrected chi connectivity index (χ4v) is 2.52. The van der Waals surface area contributed by atoms with Gasteiger partial charge >= 0.3 is 0 Å². The summed E-state index contributed by atoms with van der Waals surface area (Å²) in [6.07, 6.45) is 1.23. The minimum absolute atomic E-state index is 0.0188. The lowest BCUT2D eigenvalue weighted by atomic mass is 10.2. The number of fused-ring (bicyclic) bond motifs is 1. The first-order valence-corrected chi connectivity index (χ1v) is 7.67. The van der Waals surface area contributed by atoms with Gasteiger partial charge in [-0.25, -0.2) is 9.37 Å². The Bertz CT molecular complexity index is 902. The number of hydrogen-bond acceptors (Lipinski definition) is 3. The number of nitrogens with zero attached hydrogens (tertiary/aromatic N) is 2. The van der Waals surface area contributed by atoms with Gasteiger partial charge in [0.25, 0.3) is 5.91 Å². The van der Waals surface area contributed by atoms with E-state index in [-0.39, 0.29) is 12.0 Å². The average Bonchev–Trinajstić information content (AvgIpc) is 2.84. The molecule has 3 rings (SSSR count). The fraction of sp³-hybridized carbons (Fsp3) is 0.222. The first kappa shape index (κ1) is 16.0. The van der Waals surface area contributed by atoms with Gasteiger partial charge in [0.05, 0.1) is 17.5 Å². The van der Waals surface area contributed by atoms with E-state index in [1.165, 1.54) is 22.7 Å². The largest absolute Gasteiger partial charge is 0.489 e. The highest BCUT2D eigenvalue weighted by molar-refractivity contribution is 6.05. The van der Waals surface area contributed by atoms with Gasteiger partial charge in [0.2, 0.25) is 0 Å². The van der Waals surface area contributed by atoms with Gasteiger partial charge in [-0.2, -0.15) is 0 Å². The van der Waals surface area contributed by atoms with Gasteiger partial charge in [-0.15, -0.1) is 0 Å². The third-order valence-corrected chi connectivity index (χ3v) is 3.47. The highest BCUT2D eigenvalue weighted by atomic mass is 19.1. The van der Waals surface area contributed by atoms with Crippen molar-refractivity contribution in [2.45, 2.75) is 26.9 Å². The van der Waals surface area contributed by atoms with E-state index in [0.29, 0.717) is 28.5 Å². The van der Waals surface area contributed by atoms with Crippen LogP contribution < -0.4 is 10.1 Å². The first-order chi connectivity index (χ1) is 11.5. The van der Waals surface area contributed by atoms with E-state index in [9.17, 15) is 9.18 Å². The van der Waals surface area contributed by atoms with E-state index < -0.39 is 5.82 Å². The van der Waals surface area contributed by atoms with Crippen molar-refractivity contribution in [1.82, 2.24) is 9.38 Å². The molecule has 6 heteroatoms. The summed E-state index contributed by atoms with van der Waals surface area (Å²) in [4.78, 5) is 17.0. The molecule has 0 aliphatic heterocycles. The monoisotopic (exact) mass is 327 g/mol. The van der Waals surface area contributed by atoms with E-state index in [1.807, 2.05) is 26.0 Å². The number of pyridine rings is 1. The molecule has 0 fully saturated rings. The summed E-state index contributed by atoms with van der Waals surface area (Å²) in [5.74, 6) is -0.221. The summed E-state index contributed by atoms with van der Waals surface area (Å²) in [5.41, 5.74) is 1.90. The molecule has 124 valence electrons. The third-order valence-electron chi connectivity index (χ3n) is 3.47. The molecule has 0 aliphatic carbocycles. The number of amides is 1. The summed E-state index contributed by atoms with van der Waals surface area (Å²) < 4.78 is 20.7. The SMILES string of the molecule is Cc1nc2ccc(F)cn2c1C(=O)Nc1ccccc1OC(C)C. The number of ether oxygens (including phenoxy) is 1. The summed E-state index contributed by atoms with van der Waals surface area (Å²) in [6.45, 7) is 5.54. The minimum Gasteiger partial charge on any atom is -0.489 e. The summed E-state index contributed by atoms with van der Waals surface area (Å²) in [5, 5.41) is 2.82. The van der Waals surface area contributed by atoms with E-state index in [1.54, 1.807) is 19.1 Å². The van der Waals surface area contributed by atoms with Crippen LogP contribution in [0.2, 0.25) is 0 Å². The number of carbonyl (C=O) groups excluding carboxylic acids is 1. The van der Waals surface area contributed by atoms with Crippen LogP contribution in [0.15, 0.2) is 42.6 Å². The fourth-order valence-electron chi connectivity index (χ4n) is 2.52. The second-order valence-corrected chi connectivity index (χ2v) is 5.74. The van der Waals surface area contributed by atoms with Crippen LogP contribution in [0.3, 0.4) is 0 Å². The third kappa shape index (κ3) is 3.08. The normalized spacial score (nSPS) is 11.0. The molecule has 0 saturated carbocycles. The molecule has 1 amide bonds. The van der Waals surface area contributed by atoms with Crippen molar-refractivity contribution in [3.63, 3.8) is 0 Å². The van der Waals surface area contributed by atoms with Gasteiger partial charge in [0.15, 0.2) is 0 Å². The van der Waals surface area contributed by atoms with Crippen LogP contribution in [0.25, 0.3) is 5.65 Å². The van der Waals surface area contributed by atoms with Crippen LogP contribution in [0.4, 0.5) is 10.1 Å². The van der Waals surface area contributed by atoms with Crippen molar-refractivity contribution < 1.29 is 13.9 Å². The minimum atomic E-state index is -0.433. The molecule has 5 nitrogen and oxygen atoms in total. The number of aromatic nitrogens is 2. The highest BCUT2D eigenvalue weighted by Crippen LogP contribution is 2.26. The highest BCUT2D eigenvalue weighted by Gasteiger charge is 2.18. The van der Waals surface area contributed by atoms with Gasteiger partial charge < -0.3 is 10.1 Å². The van der Waals surface area contributed by atoms with Gasteiger partial charge in [0.1, 0.15) is 22.9 Å². The second kappa shape index (κ2) is 6.31. The number of halogens is 1. The van der Waals surface area contributed by atoms with Crippen molar-refractivity contribution in [2.24, 2.45) is 0 Å². The molecule has 1 N–H and O–H groups in total. The maximum absolute atomic E-state index is 13.5. The molecule has 0 saturated heterocycles. The second-order valence-electron chi connectivity index (χ2n) is 5.74.